The molecule has 0 aromatic carbocycles. The van der Waals surface area contributed by atoms with Crippen molar-refractivity contribution in [2.24, 2.45) is 0 Å². The molecule has 6 nitrogen and oxygen atoms in total. The maximum absolute atomic E-state index is 12.8. The molecule has 3 rings (SSSR count). The summed E-state index contributed by atoms with van der Waals surface area (Å²) < 4.78 is 6.80. The summed E-state index contributed by atoms with van der Waals surface area (Å²) in [7, 11) is 1.37. The van der Waals surface area contributed by atoms with Crippen molar-refractivity contribution in [2.75, 3.05) is 19.4 Å². The molecule has 1 aromatic rings. The van der Waals surface area contributed by atoms with E-state index in [-0.39, 0.29) is 11.9 Å². The van der Waals surface area contributed by atoms with Gasteiger partial charge in [-0.2, -0.15) is 0 Å². The number of nitrogens with zero attached hydrogens (tertiary/aromatic N) is 2. The first-order chi connectivity index (χ1) is 10.1. The third kappa shape index (κ3) is 2.62. The lowest BCUT2D eigenvalue weighted by Crippen LogP contribution is -2.48. The number of nitrogens with two attached hydrogens (primary N) is 1. The van der Waals surface area contributed by atoms with E-state index in [1.165, 1.54) is 7.11 Å². The number of esters is 1. The van der Waals surface area contributed by atoms with Gasteiger partial charge in [-0.25, -0.2) is 4.79 Å². The van der Waals surface area contributed by atoms with Gasteiger partial charge in [0.25, 0.3) is 5.91 Å². The summed E-state index contributed by atoms with van der Waals surface area (Å²) in [5.74, 6) is -0.450. The highest BCUT2D eigenvalue weighted by Crippen LogP contribution is 2.37. The number of ether oxygens (including phenoxy) is 1. The highest BCUT2D eigenvalue weighted by molar-refractivity contribution is 5.96. The van der Waals surface area contributed by atoms with Gasteiger partial charge in [0.2, 0.25) is 0 Å². The Bertz CT molecular complexity index is 563. The number of aromatic nitrogens is 1. The molecule has 1 unspecified atom stereocenters. The third-order valence-electron chi connectivity index (χ3n) is 4.27. The zero-order chi connectivity index (χ0) is 15.0. The first kappa shape index (κ1) is 14.0. The number of hydrogen-bond acceptors (Lipinski definition) is 4. The Labute approximate surface area is 123 Å². The normalized spacial score (nSPS) is 22.1. The fourth-order valence-electron chi connectivity index (χ4n) is 3.03. The van der Waals surface area contributed by atoms with Crippen LogP contribution in [0.1, 0.15) is 48.6 Å². The van der Waals surface area contributed by atoms with Crippen LogP contribution in [0.4, 0.5) is 5.69 Å². The average molecular weight is 291 g/mol. The molecule has 1 amide bonds. The fourth-order valence-corrected chi connectivity index (χ4v) is 3.03. The molecule has 1 aliphatic heterocycles. The van der Waals surface area contributed by atoms with E-state index in [0.29, 0.717) is 30.4 Å². The molecular weight excluding hydrogens is 270 g/mol. The standard InChI is InChI=1S/C15H21N3O3/c1-21-15(20)12-4-2-3-7-17(12)14(19)13-8-10(16)9-18(13)11-5-6-11/h8-9,11-12H,2-7,16H2,1H3. The molecule has 1 saturated heterocycles. The van der Waals surface area contributed by atoms with Crippen LogP contribution in [0.3, 0.4) is 0 Å². The summed E-state index contributed by atoms with van der Waals surface area (Å²) in [5.41, 5.74) is 7.03. The van der Waals surface area contributed by atoms with Crippen LogP contribution in [-0.2, 0) is 9.53 Å². The van der Waals surface area contributed by atoms with Crippen LogP contribution in [-0.4, -0.2) is 41.0 Å². The number of rotatable bonds is 3. The maximum Gasteiger partial charge on any atom is 0.328 e. The molecule has 1 aliphatic carbocycles. The fraction of sp³-hybridized carbons (Fsp3) is 0.600. The highest BCUT2D eigenvalue weighted by atomic mass is 16.5. The van der Waals surface area contributed by atoms with Crippen molar-refractivity contribution in [1.29, 1.82) is 0 Å². The predicted molar refractivity (Wildman–Crippen MR) is 77.8 cm³/mol. The van der Waals surface area contributed by atoms with Gasteiger partial charge in [0.15, 0.2) is 0 Å². The first-order valence-corrected chi connectivity index (χ1v) is 7.48. The molecule has 1 saturated carbocycles. The van der Waals surface area contributed by atoms with Crippen LogP contribution in [0.2, 0.25) is 0 Å². The van der Waals surface area contributed by atoms with Crippen LogP contribution < -0.4 is 5.73 Å². The van der Waals surface area contributed by atoms with E-state index in [2.05, 4.69) is 0 Å². The molecule has 1 atom stereocenters. The van der Waals surface area contributed by atoms with Crippen molar-refractivity contribution < 1.29 is 14.3 Å². The van der Waals surface area contributed by atoms with Gasteiger partial charge >= 0.3 is 5.97 Å². The van der Waals surface area contributed by atoms with Gasteiger partial charge in [-0.3, -0.25) is 4.79 Å². The smallest absolute Gasteiger partial charge is 0.328 e. The molecule has 2 fully saturated rings. The van der Waals surface area contributed by atoms with Crippen LogP contribution >= 0.6 is 0 Å². The van der Waals surface area contributed by atoms with Crippen molar-refractivity contribution >= 4 is 17.6 Å². The summed E-state index contributed by atoms with van der Waals surface area (Å²) in [6.07, 6.45) is 6.50. The van der Waals surface area contributed by atoms with Gasteiger partial charge in [0.05, 0.1) is 12.8 Å². The van der Waals surface area contributed by atoms with E-state index >= 15 is 0 Å². The Morgan fingerprint density at radius 1 is 1.29 bits per heavy atom. The number of anilines is 1. The minimum absolute atomic E-state index is 0.117. The largest absolute Gasteiger partial charge is 0.467 e. The minimum Gasteiger partial charge on any atom is -0.467 e. The van der Waals surface area contributed by atoms with Crippen LogP contribution in [0, 0.1) is 0 Å². The average Bonchev–Trinajstić information content (AvgIpc) is 3.28. The Morgan fingerprint density at radius 3 is 2.71 bits per heavy atom. The SMILES string of the molecule is COC(=O)C1CCCCN1C(=O)c1cc(N)cn1C1CC1. The summed E-state index contributed by atoms with van der Waals surface area (Å²) >= 11 is 0. The zero-order valence-electron chi connectivity index (χ0n) is 12.2. The Kier molecular flexibility index (Phi) is 3.61. The van der Waals surface area contributed by atoms with E-state index in [4.69, 9.17) is 10.5 Å². The molecule has 1 aromatic heterocycles. The lowest BCUT2D eigenvalue weighted by atomic mass is 10.0. The summed E-state index contributed by atoms with van der Waals surface area (Å²) in [6, 6.07) is 1.62. The predicted octanol–water partition coefficient (Wildman–Crippen LogP) is 1.57. The molecule has 0 radical (unpaired) electrons. The molecule has 2 N–H and O–H groups in total. The summed E-state index contributed by atoms with van der Waals surface area (Å²) in [4.78, 5) is 26.4. The first-order valence-electron chi connectivity index (χ1n) is 7.48. The van der Waals surface area contributed by atoms with E-state index in [1.54, 1.807) is 11.0 Å². The second-order valence-corrected chi connectivity index (χ2v) is 5.83. The molecule has 21 heavy (non-hydrogen) atoms. The molecule has 6 heteroatoms. The van der Waals surface area contributed by atoms with E-state index in [0.717, 1.165) is 25.7 Å². The van der Waals surface area contributed by atoms with Crippen molar-refractivity contribution in [3.8, 4) is 0 Å². The Hall–Kier alpha value is -1.98. The number of likely N-dealkylation sites (tertiary alicyclic amines) is 1. The number of nitrogen functional groups attached to an aromatic ring is 1. The van der Waals surface area contributed by atoms with Gasteiger partial charge < -0.3 is 19.9 Å². The number of hydrogen-bond donors (Lipinski definition) is 1. The van der Waals surface area contributed by atoms with Crippen molar-refractivity contribution in [3.63, 3.8) is 0 Å². The molecule has 0 spiro atoms. The number of carbonyl (C=O) groups excluding carboxylic acids is 2. The molecular formula is C15H21N3O3. The summed E-state index contributed by atoms with van der Waals surface area (Å²) in [6.45, 7) is 0.592. The number of methoxy groups -OCH3 is 1. The summed E-state index contributed by atoms with van der Waals surface area (Å²) in [5, 5.41) is 0. The maximum atomic E-state index is 12.8. The molecule has 114 valence electrons. The zero-order valence-corrected chi connectivity index (χ0v) is 12.2. The van der Waals surface area contributed by atoms with Gasteiger partial charge in [-0.05, 0) is 38.2 Å². The van der Waals surface area contributed by atoms with Gasteiger partial charge in [0, 0.05) is 18.8 Å². The number of piperidine rings is 1. The van der Waals surface area contributed by atoms with Crippen LogP contribution in [0.15, 0.2) is 12.3 Å². The van der Waals surface area contributed by atoms with Gasteiger partial charge in [-0.1, -0.05) is 0 Å². The Morgan fingerprint density at radius 2 is 2.05 bits per heavy atom. The van der Waals surface area contributed by atoms with Crippen molar-refractivity contribution in [1.82, 2.24) is 9.47 Å². The second kappa shape index (κ2) is 5.42. The lowest BCUT2D eigenvalue weighted by molar-refractivity contribution is -0.147. The van der Waals surface area contributed by atoms with Crippen LogP contribution in [0.5, 0.6) is 0 Å². The van der Waals surface area contributed by atoms with Crippen molar-refractivity contribution in [3.05, 3.63) is 18.0 Å². The number of amides is 1. The monoisotopic (exact) mass is 291 g/mol. The quantitative estimate of drug-likeness (QED) is 0.858. The number of carbonyl (C=O) groups is 2. The van der Waals surface area contributed by atoms with E-state index < -0.39 is 6.04 Å². The van der Waals surface area contributed by atoms with Crippen LogP contribution in [0.25, 0.3) is 0 Å². The third-order valence-corrected chi connectivity index (χ3v) is 4.27. The second-order valence-electron chi connectivity index (χ2n) is 5.83. The Balaban J connectivity index is 1.87. The molecule has 2 aliphatic rings. The molecule has 2 heterocycles. The topological polar surface area (TPSA) is 77.6 Å². The molecule has 0 bridgehead atoms. The van der Waals surface area contributed by atoms with Crippen molar-refractivity contribution in [2.45, 2.75) is 44.2 Å². The van der Waals surface area contributed by atoms with Gasteiger partial charge in [0.1, 0.15) is 11.7 Å². The van der Waals surface area contributed by atoms with E-state index in [9.17, 15) is 9.59 Å². The van der Waals surface area contributed by atoms with E-state index in [1.807, 2.05) is 10.8 Å². The van der Waals surface area contributed by atoms with Gasteiger partial charge in [-0.15, -0.1) is 0 Å². The highest BCUT2D eigenvalue weighted by Gasteiger charge is 2.36. The minimum atomic E-state index is -0.472. The lowest BCUT2D eigenvalue weighted by Gasteiger charge is -2.33.